The van der Waals surface area contributed by atoms with Crippen LogP contribution in [0.2, 0.25) is 5.02 Å². The van der Waals surface area contributed by atoms with Gasteiger partial charge in [0.2, 0.25) is 0 Å². The zero-order chi connectivity index (χ0) is 16.5. The van der Waals surface area contributed by atoms with Crippen molar-refractivity contribution in [1.82, 2.24) is 25.3 Å². The molecule has 1 aliphatic heterocycles. The molecule has 2 N–H and O–H groups in total. The van der Waals surface area contributed by atoms with Gasteiger partial charge in [-0.2, -0.15) is 0 Å². The van der Waals surface area contributed by atoms with Crippen molar-refractivity contribution in [3.8, 4) is 11.4 Å². The van der Waals surface area contributed by atoms with Crippen LogP contribution < -0.4 is 10.6 Å². The van der Waals surface area contributed by atoms with Crippen LogP contribution >= 0.6 is 11.6 Å². The van der Waals surface area contributed by atoms with Crippen LogP contribution in [0.4, 0.5) is 10.2 Å². The normalized spacial score (nSPS) is 17.3. The number of hydrogen-bond acceptors (Lipinski definition) is 6. The number of nitrogens with one attached hydrogen (secondary N) is 2. The molecule has 0 amide bonds. The maximum Gasteiger partial charge on any atom is 0.184 e. The first kappa shape index (κ1) is 15.2. The number of nitrogens with zero attached hydrogens (tertiary/aromatic N) is 4. The molecule has 6 nitrogen and oxygen atoms in total. The quantitative estimate of drug-likeness (QED) is 0.760. The van der Waals surface area contributed by atoms with Gasteiger partial charge in [0.25, 0.3) is 0 Å². The number of fused-ring (bicyclic) bond motifs is 1. The molecule has 4 rings (SSSR count). The predicted octanol–water partition coefficient (Wildman–Crippen LogP) is 2.65. The molecule has 0 saturated carbocycles. The van der Waals surface area contributed by atoms with E-state index in [1.807, 2.05) is 0 Å². The minimum absolute atomic E-state index is 0.233. The highest BCUT2D eigenvalue weighted by atomic mass is 35.5. The Balaban J connectivity index is 1.85. The third kappa shape index (κ3) is 2.88. The molecule has 1 saturated heterocycles. The molecule has 1 atom stereocenters. The van der Waals surface area contributed by atoms with Crippen molar-refractivity contribution in [1.29, 1.82) is 0 Å². The summed E-state index contributed by atoms with van der Waals surface area (Å²) in [6.07, 6.45) is 4.12. The molecular weight excluding hydrogens is 331 g/mol. The lowest BCUT2D eigenvalue weighted by atomic mass is 10.2. The van der Waals surface area contributed by atoms with Crippen molar-refractivity contribution in [3.63, 3.8) is 0 Å². The number of benzene rings is 1. The van der Waals surface area contributed by atoms with Crippen LogP contribution in [0.1, 0.15) is 6.42 Å². The molecule has 122 valence electrons. The van der Waals surface area contributed by atoms with Gasteiger partial charge in [0.05, 0.1) is 5.56 Å². The topological polar surface area (TPSA) is 75.6 Å². The highest BCUT2D eigenvalue weighted by Crippen LogP contribution is 2.27. The van der Waals surface area contributed by atoms with Crippen LogP contribution in [-0.2, 0) is 0 Å². The van der Waals surface area contributed by atoms with Crippen molar-refractivity contribution >= 4 is 28.6 Å². The van der Waals surface area contributed by atoms with E-state index in [9.17, 15) is 4.39 Å². The van der Waals surface area contributed by atoms with E-state index in [2.05, 4.69) is 30.6 Å². The third-order valence-electron chi connectivity index (χ3n) is 3.90. The summed E-state index contributed by atoms with van der Waals surface area (Å²) in [6, 6.07) is 4.54. The fourth-order valence-corrected chi connectivity index (χ4v) is 2.90. The van der Waals surface area contributed by atoms with Gasteiger partial charge < -0.3 is 10.6 Å². The summed E-state index contributed by atoms with van der Waals surface area (Å²) >= 11 is 5.99. The third-order valence-corrected chi connectivity index (χ3v) is 4.14. The fourth-order valence-electron chi connectivity index (χ4n) is 2.72. The first-order valence-electron chi connectivity index (χ1n) is 7.62. The smallest absolute Gasteiger partial charge is 0.184 e. The molecule has 8 heteroatoms. The first-order valence-corrected chi connectivity index (χ1v) is 8.00. The Morgan fingerprint density at radius 2 is 2.08 bits per heavy atom. The second kappa shape index (κ2) is 6.26. The summed E-state index contributed by atoms with van der Waals surface area (Å²) in [4.78, 5) is 17.4. The molecule has 3 heterocycles. The van der Waals surface area contributed by atoms with Gasteiger partial charge in [-0.3, -0.25) is 0 Å². The molecular formula is C16H14ClFN6. The SMILES string of the molecule is Fc1ccc(Cl)cc1-c1nc(NC2CCNC2)c2nccnc2n1. The summed E-state index contributed by atoms with van der Waals surface area (Å²) in [6.45, 7) is 1.79. The Morgan fingerprint density at radius 3 is 2.92 bits per heavy atom. The zero-order valence-corrected chi connectivity index (χ0v) is 13.4. The minimum atomic E-state index is -0.434. The lowest BCUT2D eigenvalue weighted by Crippen LogP contribution is -2.23. The van der Waals surface area contributed by atoms with Gasteiger partial charge >= 0.3 is 0 Å². The van der Waals surface area contributed by atoms with Gasteiger partial charge in [-0.1, -0.05) is 11.6 Å². The van der Waals surface area contributed by atoms with Crippen molar-refractivity contribution in [2.24, 2.45) is 0 Å². The average Bonchev–Trinajstić information content (AvgIpc) is 3.10. The van der Waals surface area contributed by atoms with Gasteiger partial charge in [-0.05, 0) is 31.2 Å². The van der Waals surface area contributed by atoms with Crippen molar-refractivity contribution in [2.45, 2.75) is 12.5 Å². The van der Waals surface area contributed by atoms with E-state index in [-0.39, 0.29) is 17.4 Å². The molecule has 3 aromatic rings. The molecule has 1 unspecified atom stereocenters. The van der Waals surface area contributed by atoms with Crippen LogP contribution in [0.25, 0.3) is 22.6 Å². The average molecular weight is 345 g/mol. The highest BCUT2D eigenvalue weighted by molar-refractivity contribution is 6.30. The summed E-state index contributed by atoms with van der Waals surface area (Å²) in [5.74, 6) is 0.351. The number of anilines is 1. The van der Waals surface area contributed by atoms with Crippen LogP contribution in [0.5, 0.6) is 0 Å². The summed E-state index contributed by atoms with van der Waals surface area (Å²) < 4.78 is 14.2. The van der Waals surface area contributed by atoms with Crippen LogP contribution in [0.3, 0.4) is 0 Å². The molecule has 0 aliphatic carbocycles. The van der Waals surface area contributed by atoms with Gasteiger partial charge in [-0.25, -0.2) is 24.3 Å². The van der Waals surface area contributed by atoms with E-state index >= 15 is 0 Å². The van der Waals surface area contributed by atoms with E-state index in [0.29, 0.717) is 22.0 Å². The first-order chi connectivity index (χ1) is 11.7. The largest absolute Gasteiger partial charge is 0.364 e. The molecule has 1 fully saturated rings. The molecule has 0 radical (unpaired) electrons. The van der Waals surface area contributed by atoms with Crippen molar-refractivity contribution < 1.29 is 4.39 Å². The molecule has 24 heavy (non-hydrogen) atoms. The summed E-state index contributed by atoms with van der Waals surface area (Å²) in [5.41, 5.74) is 1.22. The Hall–Kier alpha value is -2.38. The Kier molecular flexibility index (Phi) is 3.95. The second-order valence-electron chi connectivity index (χ2n) is 5.58. The lowest BCUT2D eigenvalue weighted by molar-refractivity contribution is 0.630. The minimum Gasteiger partial charge on any atom is -0.364 e. The number of aromatic nitrogens is 4. The van der Waals surface area contributed by atoms with E-state index < -0.39 is 5.82 Å². The maximum absolute atomic E-state index is 14.2. The Labute approximate surface area is 142 Å². The van der Waals surface area contributed by atoms with E-state index in [1.54, 1.807) is 12.4 Å². The molecule has 2 aromatic heterocycles. The van der Waals surface area contributed by atoms with Crippen LogP contribution in [0, 0.1) is 5.82 Å². The monoisotopic (exact) mass is 344 g/mol. The Bertz CT molecular complexity index is 897. The van der Waals surface area contributed by atoms with Crippen molar-refractivity contribution in [2.75, 3.05) is 18.4 Å². The lowest BCUT2D eigenvalue weighted by Gasteiger charge is -2.14. The molecule has 1 aliphatic rings. The van der Waals surface area contributed by atoms with Gasteiger partial charge in [0.1, 0.15) is 11.3 Å². The van der Waals surface area contributed by atoms with Crippen LogP contribution in [-0.4, -0.2) is 39.1 Å². The number of hydrogen-bond donors (Lipinski definition) is 2. The highest BCUT2D eigenvalue weighted by Gasteiger charge is 2.19. The molecule has 0 spiro atoms. The van der Waals surface area contributed by atoms with Crippen LogP contribution in [0.15, 0.2) is 30.6 Å². The summed E-state index contributed by atoms with van der Waals surface area (Å²) in [7, 11) is 0. The molecule has 1 aromatic carbocycles. The maximum atomic E-state index is 14.2. The summed E-state index contributed by atoms with van der Waals surface area (Å²) in [5, 5.41) is 7.06. The number of halogens is 2. The molecule has 0 bridgehead atoms. The predicted molar refractivity (Wildman–Crippen MR) is 90.4 cm³/mol. The van der Waals surface area contributed by atoms with E-state index in [4.69, 9.17) is 11.6 Å². The number of rotatable bonds is 3. The standard InChI is InChI=1S/C16H14ClFN6/c17-9-1-2-12(18)11(7-9)14-23-15-13(20-5-6-21-15)16(24-14)22-10-3-4-19-8-10/h1-2,5-7,10,19H,3-4,8H2,(H,21,22,23,24). The van der Waals surface area contributed by atoms with Gasteiger partial charge in [0, 0.05) is 30.0 Å². The van der Waals surface area contributed by atoms with E-state index in [1.165, 1.54) is 18.2 Å². The zero-order valence-electron chi connectivity index (χ0n) is 12.6. The second-order valence-corrected chi connectivity index (χ2v) is 6.02. The van der Waals surface area contributed by atoms with E-state index in [0.717, 1.165) is 19.5 Å². The Morgan fingerprint density at radius 1 is 1.21 bits per heavy atom. The fraction of sp³-hybridized carbons (Fsp3) is 0.250. The van der Waals surface area contributed by atoms with Gasteiger partial charge in [-0.15, -0.1) is 0 Å². The van der Waals surface area contributed by atoms with Crippen molar-refractivity contribution in [3.05, 3.63) is 41.4 Å². The van der Waals surface area contributed by atoms with Gasteiger partial charge in [0.15, 0.2) is 17.3 Å².